The molecule has 6 heteroatoms. The lowest BCUT2D eigenvalue weighted by atomic mass is 10.1. The number of carboxylic acid groups (broad SMARTS) is 1. The number of benzene rings is 1. The maximum Gasteiger partial charge on any atom is 0.304 e. The molecule has 0 saturated heterocycles. The summed E-state index contributed by atoms with van der Waals surface area (Å²) in [4.78, 5) is 10.5. The van der Waals surface area contributed by atoms with Crippen molar-refractivity contribution in [3.05, 3.63) is 35.1 Å². The third-order valence-electron chi connectivity index (χ3n) is 2.74. The average Bonchev–Trinajstić information content (AvgIpc) is 2.21. The lowest BCUT2D eigenvalue weighted by Crippen LogP contribution is -2.23. The second-order valence-electron chi connectivity index (χ2n) is 4.29. The summed E-state index contributed by atoms with van der Waals surface area (Å²) in [7, 11) is -3.55. The maximum atomic E-state index is 12.9. The molecule has 1 N–H and O–H groups in total. The lowest BCUT2D eigenvalue weighted by molar-refractivity contribution is -0.136. The summed E-state index contributed by atoms with van der Waals surface area (Å²) in [5, 5.41) is 7.63. The first-order chi connectivity index (χ1) is 8.22. The van der Waals surface area contributed by atoms with Crippen LogP contribution >= 0.6 is 0 Å². The van der Waals surface area contributed by atoms with Crippen LogP contribution in [0.25, 0.3) is 0 Å². The van der Waals surface area contributed by atoms with E-state index in [1.807, 2.05) is 0 Å². The van der Waals surface area contributed by atoms with Crippen LogP contribution in [0.4, 0.5) is 4.39 Å². The molecule has 0 saturated carbocycles. The SMILES string of the molecule is Cc1cc(F)ccc1CS(=O)(=O)C(C)CC(=O)O. The van der Waals surface area contributed by atoms with Gasteiger partial charge in [-0.2, -0.15) is 0 Å². The molecule has 0 radical (unpaired) electrons. The highest BCUT2D eigenvalue weighted by molar-refractivity contribution is 7.91. The van der Waals surface area contributed by atoms with Gasteiger partial charge in [0.05, 0.1) is 17.4 Å². The van der Waals surface area contributed by atoms with Gasteiger partial charge >= 0.3 is 5.97 Å². The van der Waals surface area contributed by atoms with Gasteiger partial charge in [-0.05, 0) is 37.1 Å². The molecule has 0 aliphatic rings. The Kier molecular flexibility index (Phi) is 4.45. The number of aliphatic carboxylic acids is 1. The zero-order valence-electron chi connectivity index (χ0n) is 10.2. The first kappa shape index (κ1) is 14.6. The van der Waals surface area contributed by atoms with Gasteiger partial charge < -0.3 is 5.11 Å². The van der Waals surface area contributed by atoms with Crippen molar-refractivity contribution < 1.29 is 22.7 Å². The van der Waals surface area contributed by atoms with Crippen LogP contribution in [-0.4, -0.2) is 24.7 Å². The van der Waals surface area contributed by atoms with Gasteiger partial charge in [-0.1, -0.05) is 6.07 Å². The summed E-state index contributed by atoms with van der Waals surface area (Å²) in [6.07, 6.45) is -0.428. The van der Waals surface area contributed by atoms with Gasteiger partial charge in [0.1, 0.15) is 5.82 Å². The fraction of sp³-hybridized carbons (Fsp3) is 0.417. The van der Waals surface area contributed by atoms with Gasteiger partial charge in [0.2, 0.25) is 0 Å². The van der Waals surface area contributed by atoms with Crippen molar-refractivity contribution in [1.29, 1.82) is 0 Å². The Morgan fingerprint density at radius 3 is 2.56 bits per heavy atom. The Morgan fingerprint density at radius 2 is 2.06 bits per heavy atom. The minimum absolute atomic E-state index is 0.270. The highest BCUT2D eigenvalue weighted by Gasteiger charge is 2.24. The van der Waals surface area contributed by atoms with Crippen molar-refractivity contribution in [1.82, 2.24) is 0 Å². The monoisotopic (exact) mass is 274 g/mol. The van der Waals surface area contributed by atoms with Crippen LogP contribution in [-0.2, 0) is 20.4 Å². The Hall–Kier alpha value is -1.43. The first-order valence-electron chi connectivity index (χ1n) is 5.41. The molecule has 0 heterocycles. The third-order valence-corrected chi connectivity index (χ3v) is 4.84. The molecule has 1 unspecified atom stereocenters. The summed E-state index contributed by atoms with van der Waals surface area (Å²) < 4.78 is 36.7. The van der Waals surface area contributed by atoms with Gasteiger partial charge in [0.25, 0.3) is 0 Å². The number of sulfone groups is 1. The summed E-state index contributed by atoms with van der Waals surface area (Å²) in [6, 6.07) is 3.86. The number of hydrogen-bond donors (Lipinski definition) is 1. The van der Waals surface area contributed by atoms with E-state index >= 15 is 0 Å². The summed E-state index contributed by atoms with van der Waals surface area (Å²) in [6.45, 7) is 2.98. The molecular formula is C12H15FO4S. The van der Waals surface area contributed by atoms with E-state index in [1.54, 1.807) is 6.92 Å². The van der Waals surface area contributed by atoms with Crippen molar-refractivity contribution in [2.45, 2.75) is 31.3 Å². The zero-order chi connectivity index (χ0) is 13.9. The molecule has 4 nitrogen and oxygen atoms in total. The first-order valence-corrected chi connectivity index (χ1v) is 7.12. The summed E-state index contributed by atoms with van der Waals surface area (Å²) >= 11 is 0. The van der Waals surface area contributed by atoms with Crippen LogP contribution in [0.5, 0.6) is 0 Å². The topological polar surface area (TPSA) is 71.4 Å². The molecule has 1 rings (SSSR count). The number of carbonyl (C=O) groups is 1. The average molecular weight is 274 g/mol. The Labute approximate surface area is 105 Å². The Morgan fingerprint density at radius 1 is 1.44 bits per heavy atom. The van der Waals surface area contributed by atoms with E-state index in [4.69, 9.17) is 5.11 Å². The highest BCUT2D eigenvalue weighted by Crippen LogP contribution is 2.17. The smallest absolute Gasteiger partial charge is 0.304 e. The molecule has 1 aromatic rings. The maximum absolute atomic E-state index is 12.9. The standard InChI is InChI=1S/C12H15FO4S/c1-8-5-11(13)4-3-10(8)7-18(16,17)9(2)6-12(14)15/h3-5,9H,6-7H2,1-2H3,(H,14,15). The second kappa shape index (κ2) is 5.48. The minimum atomic E-state index is -3.55. The molecule has 0 aromatic heterocycles. The molecule has 0 aliphatic heterocycles. The molecule has 100 valence electrons. The van der Waals surface area contributed by atoms with Gasteiger partial charge in [-0.3, -0.25) is 4.79 Å². The third kappa shape index (κ3) is 3.80. The van der Waals surface area contributed by atoms with Gasteiger partial charge in [-0.25, -0.2) is 12.8 Å². The van der Waals surface area contributed by atoms with E-state index in [1.165, 1.54) is 25.1 Å². The van der Waals surface area contributed by atoms with Crippen LogP contribution in [0.15, 0.2) is 18.2 Å². The van der Waals surface area contributed by atoms with E-state index < -0.39 is 33.3 Å². The predicted octanol–water partition coefficient (Wildman–Crippen LogP) is 1.91. The van der Waals surface area contributed by atoms with Gasteiger partial charge in [0, 0.05) is 0 Å². The van der Waals surface area contributed by atoms with E-state index in [0.717, 1.165) is 0 Å². The second-order valence-corrected chi connectivity index (χ2v) is 6.71. The van der Waals surface area contributed by atoms with Crippen LogP contribution in [0, 0.1) is 12.7 Å². The molecule has 0 fully saturated rings. The predicted molar refractivity (Wildman–Crippen MR) is 65.5 cm³/mol. The quantitative estimate of drug-likeness (QED) is 0.890. The fourth-order valence-electron chi connectivity index (χ4n) is 1.55. The van der Waals surface area contributed by atoms with Crippen LogP contribution in [0.2, 0.25) is 0 Å². The molecule has 0 amide bonds. The highest BCUT2D eigenvalue weighted by atomic mass is 32.2. The molecule has 0 spiro atoms. The van der Waals surface area contributed by atoms with Gasteiger partial charge in [0.15, 0.2) is 9.84 Å². The minimum Gasteiger partial charge on any atom is -0.481 e. The van der Waals surface area contributed by atoms with E-state index in [2.05, 4.69) is 0 Å². The van der Waals surface area contributed by atoms with E-state index in [-0.39, 0.29) is 5.75 Å². The number of hydrogen-bond acceptors (Lipinski definition) is 3. The summed E-state index contributed by atoms with van der Waals surface area (Å²) in [5.41, 5.74) is 1.04. The molecule has 18 heavy (non-hydrogen) atoms. The van der Waals surface area contributed by atoms with E-state index in [0.29, 0.717) is 11.1 Å². The Balaban J connectivity index is 2.92. The molecular weight excluding hydrogens is 259 g/mol. The molecule has 1 atom stereocenters. The van der Waals surface area contributed by atoms with Crippen LogP contribution < -0.4 is 0 Å². The van der Waals surface area contributed by atoms with Crippen LogP contribution in [0.1, 0.15) is 24.5 Å². The van der Waals surface area contributed by atoms with Crippen molar-refractivity contribution in [2.75, 3.05) is 0 Å². The van der Waals surface area contributed by atoms with Crippen molar-refractivity contribution in [3.63, 3.8) is 0 Å². The number of rotatable bonds is 5. The van der Waals surface area contributed by atoms with E-state index in [9.17, 15) is 17.6 Å². The lowest BCUT2D eigenvalue weighted by Gasteiger charge is -2.12. The number of carboxylic acids is 1. The molecule has 0 bridgehead atoms. The van der Waals surface area contributed by atoms with Crippen molar-refractivity contribution in [2.24, 2.45) is 0 Å². The molecule has 0 aliphatic carbocycles. The molecule has 1 aromatic carbocycles. The van der Waals surface area contributed by atoms with Gasteiger partial charge in [-0.15, -0.1) is 0 Å². The number of aryl methyl sites for hydroxylation is 1. The fourth-order valence-corrected chi connectivity index (χ4v) is 2.99. The zero-order valence-corrected chi connectivity index (χ0v) is 11.0. The normalized spacial score (nSPS) is 13.3. The van der Waals surface area contributed by atoms with Crippen LogP contribution in [0.3, 0.4) is 0 Å². The summed E-state index contributed by atoms with van der Waals surface area (Å²) in [5.74, 6) is -1.85. The largest absolute Gasteiger partial charge is 0.481 e. The van der Waals surface area contributed by atoms with Crippen molar-refractivity contribution >= 4 is 15.8 Å². The van der Waals surface area contributed by atoms with Crippen molar-refractivity contribution in [3.8, 4) is 0 Å². The Bertz CT molecular complexity index is 551. The number of halogens is 1.